The number of aromatic nitrogens is 2. The van der Waals surface area contributed by atoms with Crippen molar-refractivity contribution in [2.45, 2.75) is 45.1 Å². The molecule has 2 aromatic heterocycles. The molecular weight excluding hydrogens is 534 g/mol. The molecule has 3 nitrogen and oxygen atoms in total. The molecule has 2 N–H and O–H groups in total. The largest absolute Gasteiger partial charge is 0.398 e. The number of benzene rings is 3. The van der Waals surface area contributed by atoms with Crippen LogP contribution in [0.25, 0.3) is 45.4 Å². The van der Waals surface area contributed by atoms with Crippen molar-refractivity contribution in [1.29, 1.82) is 0 Å². The summed E-state index contributed by atoms with van der Waals surface area (Å²) in [6.45, 7) is 8.97. The summed E-state index contributed by atoms with van der Waals surface area (Å²) in [7, 11) is 0. The predicted octanol–water partition coefficient (Wildman–Crippen LogP) is 8.89. The Balaban J connectivity index is 1.44. The predicted molar refractivity (Wildman–Crippen MR) is 183 cm³/mol. The topological polar surface area (TPSA) is 33.8 Å². The Kier molecular flexibility index (Phi) is 7.31. The molecule has 3 heteroatoms. The zero-order valence-corrected chi connectivity index (χ0v) is 25.6. The first-order valence-electron chi connectivity index (χ1n) is 15.6. The highest BCUT2D eigenvalue weighted by Gasteiger charge is 2.42. The van der Waals surface area contributed by atoms with Gasteiger partial charge in [0.05, 0.1) is 12.0 Å². The Morgan fingerprint density at radius 3 is 2.50 bits per heavy atom. The van der Waals surface area contributed by atoms with E-state index in [0.29, 0.717) is 5.92 Å². The lowest BCUT2D eigenvalue weighted by Gasteiger charge is -2.31. The summed E-state index contributed by atoms with van der Waals surface area (Å²) < 4.78 is 4.85. The molecule has 0 saturated heterocycles. The van der Waals surface area contributed by atoms with Crippen LogP contribution in [0.1, 0.15) is 54.0 Å². The van der Waals surface area contributed by atoms with Crippen LogP contribution < -0.4 is 14.9 Å². The third-order valence-electron chi connectivity index (χ3n) is 9.32. The van der Waals surface area contributed by atoms with E-state index in [-0.39, 0.29) is 6.04 Å². The molecule has 0 bridgehead atoms. The van der Waals surface area contributed by atoms with Gasteiger partial charge in [-0.2, -0.15) is 9.13 Å². The summed E-state index contributed by atoms with van der Waals surface area (Å²) in [6, 6.07) is 33.4. The highest BCUT2D eigenvalue weighted by molar-refractivity contribution is 5.77. The molecule has 3 aromatic carbocycles. The normalized spacial score (nSPS) is 17.5. The van der Waals surface area contributed by atoms with Gasteiger partial charge < -0.3 is 5.73 Å². The Morgan fingerprint density at radius 2 is 1.66 bits per heavy atom. The van der Waals surface area contributed by atoms with Crippen LogP contribution in [0, 0.1) is 6.92 Å². The molecule has 0 saturated carbocycles. The third-order valence-corrected chi connectivity index (χ3v) is 9.32. The van der Waals surface area contributed by atoms with Gasteiger partial charge in [-0.1, -0.05) is 72.8 Å². The van der Waals surface area contributed by atoms with Crippen LogP contribution in [-0.2, 0) is 6.42 Å². The fourth-order valence-corrected chi connectivity index (χ4v) is 7.16. The summed E-state index contributed by atoms with van der Waals surface area (Å²) in [4.78, 5) is 0. The molecule has 0 radical (unpaired) electrons. The van der Waals surface area contributed by atoms with Crippen molar-refractivity contribution in [2.24, 2.45) is 0 Å². The third kappa shape index (κ3) is 4.99. The van der Waals surface area contributed by atoms with Gasteiger partial charge in [0, 0.05) is 40.9 Å². The van der Waals surface area contributed by atoms with E-state index in [1.807, 2.05) is 19.1 Å². The number of allylic oxidation sites excluding steroid dienone is 4. The maximum atomic E-state index is 6.74. The van der Waals surface area contributed by atoms with Gasteiger partial charge in [0.2, 0.25) is 11.4 Å². The van der Waals surface area contributed by atoms with Crippen molar-refractivity contribution in [1.82, 2.24) is 0 Å². The van der Waals surface area contributed by atoms with Gasteiger partial charge in [-0.05, 0) is 85.4 Å². The van der Waals surface area contributed by atoms with Gasteiger partial charge >= 0.3 is 0 Å². The van der Waals surface area contributed by atoms with Crippen molar-refractivity contribution >= 4 is 17.5 Å². The fourth-order valence-electron chi connectivity index (χ4n) is 7.16. The lowest BCUT2D eigenvalue weighted by Crippen LogP contribution is -2.49. The monoisotopic (exact) mass is 573 g/mol. The summed E-state index contributed by atoms with van der Waals surface area (Å²) in [5.74, 6) is 0.344. The Labute approximate surface area is 261 Å². The van der Waals surface area contributed by atoms with Gasteiger partial charge in [0.1, 0.15) is 0 Å². The number of pyridine rings is 2. The van der Waals surface area contributed by atoms with Crippen LogP contribution >= 0.6 is 0 Å². The summed E-state index contributed by atoms with van der Waals surface area (Å²) in [5, 5.41) is 0. The minimum atomic E-state index is 0.253. The van der Waals surface area contributed by atoms with Crippen molar-refractivity contribution in [3.63, 3.8) is 0 Å². The summed E-state index contributed by atoms with van der Waals surface area (Å²) >= 11 is 0. The quantitative estimate of drug-likeness (QED) is 0.131. The number of nitrogens with zero attached hydrogens (tertiary/aromatic N) is 2. The Bertz CT molecular complexity index is 1950. The maximum Gasteiger partial charge on any atom is 0.219 e. The van der Waals surface area contributed by atoms with E-state index in [4.69, 9.17) is 12.3 Å². The van der Waals surface area contributed by atoms with Crippen LogP contribution in [0.2, 0.25) is 0 Å². The maximum absolute atomic E-state index is 6.74. The van der Waals surface area contributed by atoms with E-state index in [9.17, 15) is 0 Å². The van der Waals surface area contributed by atoms with Gasteiger partial charge in [0.25, 0.3) is 0 Å². The van der Waals surface area contributed by atoms with E-state index in [1.165, 1.54) is 44.6 Å². The standard InChI is InChI=1S/C41H38N3/c1-4-5-7-14-33-24-37-32(25-38(33)42)18-19-36-34-15-10-11-16-35(34)39-20-17-28(2)27-44(39)40(36)23-29(3)43-22-21-31(26-41(37)43)30-12-8-6-9-13-30/h4-17,20-22,24-27,36,40,42H,3,18-19,23H2,1-2H3/q+1/p+1/b5-4-,14-7+,41-37?. The molecular formula is C41H39N3+2. The molecule has 0 aliphatic carbocycles. The average molecular weight is 574 g/mol. The van der Waals surface area contributed by atoms with E-state index < -0.39 is 0 Å². The summed E-state index contributed by atoms with van der Waals surface area (Å²) in [5.41, 5.74) is 21.0. The lowest BCUT2D eigenvalue weighted by atomic mass is 9.77. The molecule has 0 spiro atoms. The van der Waals surface area contributed by atoms with Crippen molar-refractivity contribution in [3.8, 4) is 33.6 Å². The average Bonchev–Trinajstić information content (AvgIpc) is 3.05. The van der Waals surface area contributed by atoms with Crippen molar-refractivity contribution in [2.75, 3.05) is 5.73 Å². The lowest BCUT2D eigenvalue weighted by molar-refractivity contribution is -0.720. The second kappa shape index (κ2) is 11.6. The second-order valence-corrected chi connectivity index (χ2v) is 12.1. The van der Waals surface area contributed by atoms with E-state index in [0.717, 1.165) is 41.9 Å². The number of anilines is 1. The smallest absolute Gasteiger partial charge is 0.219 e. The number of aryl methyl sites for hydroxylation is 2. The molecule has 5 aromatic rings. The molecule has 0 amide bonds. The molecule has 4 heterocycles. The number of nitrogens with two attached hydrogens (primary N) is 1. The SMILES string of the molecule is C=C1CC2C(CCc3cc(N)c(/C=C/C=C\C)cc3-c3cc(-c4ccccc4)cc[n+]31)c1ccccc1-c1ccc(C)c[n+]12. The van der Waals surface area contributed by atoms with Gasteiger partial charge in [-0.15, -0.1) is 0 Å². The van der Waals surface area contributed by atoms with Crippen molar-refractivity contribution in [3.05, 3.63) is 150 Å². The Hall–Kier alpha value is -5.02. The minimum Gasteiger partial charge on any atom is -0.398 e. The van der Waals surface area contributed by atoms with E-state index in [2.05, 4.69) is 132 Å². The number of hydrogen-bond acceptors (Lipinski definition) is 1. The molecule has 2 unspecified atom stereocenters. The highest BCUT2D eigenvalue weighted by atomic mass is 15.0. The molecule has 216 valence electrons. The van der Waals surface area contributed by atoms with Gasteiger partial charge in [0.15, 0.2) is 24.1 Å². The highest BCUT2D eigenvalue weighted by Crippen LogP contribution is 2.44. The van der Waals surface area contributed by atoms with E-state index >= 15 is 0 Å². The van der Waals surface area contributed by atoms with E-state index in [1.54, 1.807) is 0 Å². The fraction of sp³-hybridized carbons (Fsp3) is 0.171. The van der Waals surface area contributed by atoms with Gasteiger partial charge in [-0.3, -0.25) is 0 Å². The van der Waals surface area contributed by atoms with Crippen LogP contribution in [0.4, 0.5) is 5.69 Å². The van der Waals surface area contributed by atoms with Crippen LogP contribution in [0.3, 0.4) is 0 Å². The molecule has 7 rings (SSSR count). The van der Waals surface area contributed by atoms with Gasteiger partial charge in [-0.25, -0.2) is 0 Å². The first-order valence-corrected chi connectivity index (χ1v) is 15.6. The molecule has 2 aliphatic heterocycles. The van der Waals surface area contributed by atoms with Crippen LogP contribution in [-0.4, -0.2) is 0 Å². The second-order valence-electron chi connectivity index (χ2n) is 12.1. The molecule has 2 atom stereocenters. The minimum absolute atomic E-state index is 0.253. The first-order chi connectivity index (χ1) is 21.5. The Morgan fingerprint density at radius 1 is 0.841 bits per heavy atom. The van der Waals surface area contributed by atoms with Crippen LogP contribution in [0.15, 0.2) is 128 Å². The molecule has 44 heavy (non-hydrogen) atoms. The number of hydrogen-bond donors (Lipinski definition) is 1. The zero-order chi connectivity index (χ0) is 30.2. The molecule has 0 fully saturated rings. The number of fused-ring (bicyclic) bond motifs is 9. The number of rotatable bonds is 3. The van der Waals surface area contributed by atoms with Crippen molar-refractivity contribution < 1.29 is 9.13 Å². The number of nitrogen functional groups attached to an aromatic ring is 1. The first kappa shape index (κ1) is 27.8. The zero-order valence-electron chi connectivity index (χ0n) is 25.6. The summed E-state index contributed by atoms with van der Waals surface area (Å²) in [6.07, 6.45) is 15.6. The molecule has 2 aliphatic rings. The van der Waals surface area contributed by atoms with Crippen LogP contribution in [0.5, 0.6) is 0 Å².